The molecule has 0 aliphatic heterocycles. The van der Waals surface area contributed by atoms with E-state index in [1.807, 2.05) is 0 Å². The van der Waals surface area contributed by atoms with E-state index >= 15 is 0 Å². The normalized spacial score (nSPS) is 11.2. The fourth-order valence-electron chi connectivity index (χ4n) is 2.94. The minimum Gasteiger partial charge on any atom is -0.382 e. The van der Waals surface area contributed by atoms with Gasteiger partial charge in [-0.1, -0.05) is 36.4 Å². The lowest BCUT2D eigenvalue weighted by atomic mass is 10.1. The second kappa shape index (κ2) is 9.70. The number of carbonyl (C=O) groups excluding carboxylic acids is 1. The molecule has 162 valence electrons. The second-order valence-corrected chi connectivity index (χ2v) is 8.70. The van der Waals surface area contributed by atoms with Crippen LogP contribution in [0.2, 0.25) is 0 Å². The summed E-state index contributed by atoms with van der Waals surface area (Å²) in [4.78, 5) is 14.5. The molecule has 3 rings (SSSR count). The Morgan fingerprint density at radius 3 is 2.26 bits per heavy atom. The van der Waals surface area contributed by atoms with Crippen molar-refractivity contribution in [1.29, 1.82) is 0 Å². The highest BCUT2D eigenvalue weighted by Gasteiger charge is 2.20. The third-order valence-electron chi connectivity index (χ3n) is 4.53. The lowest BCUT2D eigenvalue weighted by molar-refractivity contribution is 0.0725. The quantitative estimate of drug-likeness (QED) is 0.478. The predicted octanol–water partition coefficient (Wildman–Crippen LogP) is 4.54. The van der Waals surface area contributed by atoms with Crippen molar-refractivity contribution in [2.24, 2.45) is 0 Å². The Morgan fingerprint density at radius 1 is 0.903 bits per heavy atom. The number of amides is 1. The van der Waals surface area contributed by atoms with E-state index in [-0.39, 0.29) is 30.2 Å². The van der Waals surface area contributed by atoms with Crippen LogP contribution in [0.3, 0.4) is 0 Å². The SMILES string of the molecule is CCS(=O)(=O)Oc1cccc(CN(Cc2ccc(F)cc2)C(=O)c2ccccc2F)c1. The molecule has 1 amide bonds. The molecule has 0 radical (unpaired) electrons. The average Bonchev–Trinajstić information content (AvgIpc) is 2.75. The van der Waals surface area contributed by atoms with Gasteiger partial charge in [-0.15, -0.1) is 0 Å². The molecule has 0 aromatic heterocycles. The Hall–Kier alpha value is -3.26. The zero-order valence-electron chi connectivity index (χ0n) is 16.8. The van der Waals surface area contributed by atoms with Gasteiger partial charge in [-0.3, -0.25) is 4.79 Å². The van der Waals surface area contributed by atoms with Crippen LogP contribution in [0.5, 0.6) is 5.75 Å². The summed E-state index contributed by atoms with van der Waals surface area (Å²) in [7, 11) is -3.70. The Labute approximate surface area is 180 Å². The molecule has 3 aromatic rings. The molecule has 5 nitrogen and oxygen atoms in total. The summed E-state index contributed by atoms with van der Waals surface area (Å²) < 4.78 is 56.0. The first-order valence-corrected chi connectivity index (χ1v) is 11.1. The summed E-state index contributed by atoms with van der Waals surface area (Å²) in [5.74, 6) is -1.66. The number of hydrogen-bond donors (Lipinski definition) is 0. The van der Waals surface area contributed by atoms with E-state index in [4.69, 9.17) is 4.18 Å². The van der Waals surface area contributed by atoms with E-state index in [9.17, 15) is 22.0 Å². The Bertz CT molecular complexity index is 1160. The van der Waals surface area contributed by atoms with Gasteiger partial charge in [0.15, 0.2) is 0 Å². The standard InChI is InChI=1S/C23H21F2NO4S/c1-2-31(28,29)30-20-7-5-6-18(14-20)16-26(15-17-10-12-19(24)13-11-17)23(27)21-8-3-4-9-22(21)25/h3-14H,2,15-16H2,1H3. The molecule has 3 aromatic carbocycles. The number of rotatable bonds is 8. The van der Waals surface area contributed by atoms with Crippen molar-refractivity contribution in [2.75, 3.05) is 5.75 Å². The molecule has 0 saturated heterocycles. The molecule has 8 heteroatoms. The summed E-state index contributed by atoms with van der Waals surface area (Å²) in [5, 5.41) is 0. The van der Waals surface area contributed by atoms with E-state index in [1.54, 1.807) is 30.3 Å². The van der Waals surface area contributed by atoms with Crippen LogP contribution in [0.15, 0.2) is 72.8 Å². The maximum absolute atomic E-state index is 14.2. The zero-order valence-corrected chi connectivity index (χ0v) is 17.6. The summed E-state index contributed by atoms with van der Waals surface area (Å²) in [6.45, 7) is 1.64. The van der Waals surface area contributed by atoms with Crippen molar-refractivity contribution in [3.05, 3.63) is 101 Å². The zero-order chi connectivity index (χ0) is 22.4. The first-order valence-electron chi connectivity index (χ1n) is 9.57. The lowest BCUT2D eigenvalue weighted by Crippen LogP contribution is -2.30. The number of nitrogens with zero attached hydrogens (tertiary/aromatic N) is 1. The van der Waals surface area contributed by atoms with Gasteiger partial charge in [-0.05, 0) is 54.4 Å². The molecular formula is C23H21F2NO4S. The number of benzene rings is 3. The van der Waals surface area contributed by atoms with Crippen molar-refractivity contribution in [2.45, 2.75) is 20.0 Å². The van der Waals surface area contributed by atoms with Gasteiger partial charge in [0, 0.05) is 13.1 Å². The molecule has 31 heavy (non-hydrogen) atoms. The van der Waals surface area contributed by atoms with Gasteiger partial charge in [0.1, 0.15) is 17.4 Å². The van der Waals surface area contributed by atoms with Crippen molar-refractivity contribution < 1.29 is 26.2 Å². The molecule has 0 atom stereocenters. The molecule has 0 fully saturated rings. The van der Waals surface area contributed by atoms with Crippen molar-refractivity contribution in [3.8, 4) is 5.75 Å². The van der Waals surface area contributed by atoms with E-state index < -0.39 is 27.7 Å². The third-order valence-corrected chi connectivity index (χ3v) is 5.68. The second-order valence-electron chi connectivity index (χ2n) is 6.84. The fraction of sp³-hybridized carbons (Fsp3) is 0.174. The van der Waals surface area contributed by atoms with Gasteiger partial charge in [0.2, 0.25) is 0 Å². The van der Waals surface area contributed by atoms with Crippen LogP contribution in [0, 0.1) is 11.6 Å². The van der Waals surface area contributed by atoms with Crippen LogP contribution in [0.4, 0.5) is 8.78 Å². The van der Waals surface area contributed by atoms with Gasteiger partial charge in [-0.25, -0.2) is 8.78 Å². The number of halogens is 2. The highest BCUT2D eigenvalue weighted by molar-refractivity contribution is 7.87. The van der Waals surface area contributed by atoms with Crippen LogP contribution in [0.1, 0.15) is 28.4 Å². The van der Waals surface area contributed by atoms with Gasteiger partial charge < -0.3 is 9.08 Å². The smallest absolute Gasteiger partial charge is 0.308 e. The van der Waals surface area contributed by atoms with E-state index in [2.05, 4.69) is 0 Å². The van der Waals surface area contributed by atoms with E-state index in [0.29, 0.717) is 11.1 Å². The van der Waals surface area contributed by atoms with E-state index in [1.165, 1.54) is 54.3 Å². The van der Waals surface area contributed by atoms with Crippen LogP contribution < -0.4 is 4.18 Å². The maximum atomic E-state index is 14.2. The van der Waals surface area contributed by atoms with Crippen LogP contribution in [-0.4, -0.2) is 25.0 Å². The van der Waals surface area contributed by atoms with Crippen molar-refractivity contribution >= 4 is 16.0 Å². The molecule has 0 aliphatic rings. The third kappa shape index (κ3) is 6.11. The Kier molecular flexibility index (Phi) is 7.02. The Morgan fingerprint density at radius 2 is 1.58 bits per heavy atom. The van der Waals surface area contributed by atoms with Gasteiger partial charge >= 0.3 is 10.1 Å². The summed E-state index contributed by atoms with van der Waals surface area (Å²) >= 11 is 0. The minimum atomic E-state index is -3.70. The van der Waals surface area contributed by atoms with Crippen LogP contribution >= 0.6 is 0 Å². The summed E-state index contributed by atoms with van der Waals surface area (Å²) in [6, 6.07) is 17.6. The summed E-state index contributed by atoms with van der Waals surface area (Å²) in [5.41, 5.74) is 1.16. The first-order chi connectivity index (χ1) is 14.8. The van der Waals surface area contributed by atoms with Crippen molar-refractivity contribution in [1.82, 2.24) is 4.90 Å². The monoisotopic (exact) mass is 445 g/mol. The molecule has 0 N–H and O–H groups in total. The lowest BCUT2D eigenvalue weighted by Gasteiger charge is -2.24. The topological polar surface area (TPSA) is 63.7 Å². The molecule has 0 heterocycles. The molecule has 0 aliphatic carbocycles. The predicted molar refractivity (Wildman–Crippen MR) is 113 cm³/mol. The number of hydrogen-bond acceptors (Lipinski definition) is 4. The van der Waals surface area contributed by atoms with Crippen LogP contribution in [-0.2, 0) is 23.2 Å². The molecule has 0 spiro atoms. The maximum Gasteiger partial charge on any atom is 0.308 e. The van der Waals surface area contributed by atoms with Gasteiger partial charge in [-0.2, -0.15) is 8.42 Å². The Balaban J connectivity index is 1.90. The minimum absolute atomic E-state index is 0.0634. The molecule has 0 bridgehead atoms. The number of carbonyl (C=O) groups is 1. The molecule has 0 saturated carbocycles. The van der Waals surface area contributed by atoms with Crippen LogP contribution in [0.25, 0.3) is 0 Å². The molecule has 0 unspecified atom stereocenters. The van der Waals surface area contributed by atoms with Gasteiger partial charge in [0.05, 0.1) is 11.3 Å². The highest BCUT2D eigenvalue weighted by atomic mass is 32.2. The highest BCUT2D eigenvalue weighted by Crippen LogP contribution is 2.20. The largest absolute Gasteiger partial charge is 0.382 e. The van der Waals surface area contributed by atoms with Crippen molar-refractivity contribution in [3.63, 3.8) is 0 Å². The average molecular weight is 445 g/mol. The van der Waals surface area contributed by atoms with Gasteiger partial charge in [0.25, 0.3) is 5.91 Å². The molecular weight excluding hydrogens is 424 g/mol. The first kappa shape index (κ1) is 22.4. The van der Waals surface area contributed by atoms with E-state index in [0.717, 1.165) is 0 Å². The fourth-order valence-corrected chi connectivity index (χ4v) is 3.45. The summed E-state index contributed by atoms with van der Waals surface area (Å²) in [6.07, 6.45) is 0.